The second-order valence-corrected chi connectivity index (χ2v) is 7.31. The number of amides is 1. The first kappa shape index (κ1) is 21.4. The summed E-state index contributed by atoms with van der Waals surface area (Å²) in [5.41, 5.74) is 4.98. The Morgan fingerprint density at radius 2 is 1.87 bits per heavy atom. The second-order valence-electron chi connectivity index (χ2n) is 7.31. The fourth-order valence-electron chi connectivity index (χ4n) is 3.91. The Hall–Kier alpha value is -3.29. The van der Waals surface area contributed by atoms with Crippen LogP contribution in [0.4, 0.5) is 5.69 Å². The zero-order valence-corrected chi connectivity index (χ0v) is 17.5. The summed E-state index contributed by atoms with van der Waals surface area (Å²) in [6.45, 7) is 7.00. The van der Waals surface area contributed by atoms with Crippen molar-refractivity contribution in [3.05, 3.63) is 52.6 Å². The van der Waals surface area contributed by atoms with E-state index in [2.05, 4.69) is 5.32 Å². The van der Waals surface area contributed by atoms with E-state index in [9.17, 15) is 14.4 Å². The zero-order chi connectivity index (χ0) is 22.1. The van der Waals surface area contributed by atoms with Gasteiger partial charge in [0.15, 0.2) is 0 Å². The summed E-state index contributed by atoms with van der Waals surface area (Å²) in [4.78, 5) is 39.8. The molecule has 160 valence electrons. The number of carbonyl (C=O) groups excluding carboxylic acids is 3. The highest BCUT2D eigenvalue weighted by Gasteiger charge is 2.62. The molecular formula is C22H26N2O6. The molecule has 1 amide bonds. The average Bonchev–Trinajstić information content (AvgIpc) is 2.94. The van der Waals surface area contributed by atoms with Gasteiger partial charge < -0.3 is 25.3 Å². The fraction of sp³-hybridized carbons (Fsp3) is 0.409. The van der Waals surface area contributed by atoms with Crippen molar-refractivity contribution in [2.45, 2.75) is 52.1 Å². The van der Waals surface area contributed by atoms with Gasteiger partial charge in [0.25, 0.3) is 0 Å². The third kappa shape index (κ3) is 3.22. The molecule has 0 aliphatic carbocycles. The highest BCUT2D eigenvalue weighted by molar-refractivity contribution is 6.21. The first-order valence-electron chi connectivity index (χ1n) is 9.99. The van der Waals surface area contributed by atoms with Gasteiger partial charge in [-0.3, -0.25) is 4.79 Å². The molecule has 2 aliphatic rings. The Balaban J connectivity index is 2.38. The van der Waals surface area contributed by atoms with Gasteiger partial charge in [-0.05, 0) is 33.3 Å². The number of benzene rings is 1. The van der Waals surface area contributed by atoms with E-state index in [1.165, 1.54) is 0 Å². The van der Waals surface area contributed by atoms with Crippen LogP contribution in [0.25, 0.3) is 0 Å². The molecule has 0 radical (unpaired) electrons. The van der Waals surface area contributed by atoms with E-state index in [1.807, 2.05) is 6.92 Å². The number of carbonyl (C=O) groups is 3. The molecule has 30 heavy (non-hydrogen) atoms. The van der Waals surface area contributed by atoms with Gasteiger partial charge >= 0.3 is 11.9 Å². The van der Waals surface area contributed by atoms with E-state index >= 15 is 0 Å². The van der Waals surface area contributed by atoms with Gasteiger partial charge in [-0.2, -0.15) is 0 Å². The van der Waals surface area contributed by atoms with Crippen molar-refractivity contribution < 1.29 is 28.6 Å². The van der Waals surface area contributed by atoms with Crippen molar-refractivity contribution in [2.75, 3.05) is 11.9 Å². The van der Waals surface area contributed by atoms with Crippen LogP contribution in [-0.2, 0) is 34.0 Å². The van der Waals surface area contributed by atoms with Crippen LogP contribution in [0.1, 0.15) is 46.1 Å². The quantitative estimate of drug-likeness (QED) is 0.687. The lowest BCUT2D eigenvalue weighted by Crippen LogP contribution is -2.49. The summed E-state index contributed by atoms with van der Waals surface area (Å²) in [6, 6.07) is 6.84. The number of ether oxygens (including phenoxy) is 3. The third-order valence-electron chi connectivity index (χ3n) is 4.93. The number of para-hydroxylation sites is 1. The Morgan fingerprint density at radius 3 is 2.50 bits per heavy atom. The number of nitrogens with one attached hydrogen (secondary N) is 1. The van der Waals surface area contributed by atoms with Gasteiger partial charge in [0.05, 0.1) is 12.7 Å². The minimum absolute atomic E-state index is 0.0437. The molecule has 0 unspecified atom stereocenters. The van der Waals surface area contributed by atoms with Gasteiger partial charge in [-0.1, -0.05) is 25.1 Å². The van der Waals surface area contributed by atoms with Crippen LogP contribution in [0.3, 0.4) is 0 Å². The number of hydrogen-bond donors (Lipinski definition) is 2. The SMILES string of the molecule is CCCC1=C(C(=O)OC(C)C)[C@]2(C(=O)Nc3ccccc32)C(C(=O)OCC)=C(N)O1. The Kier molecular flexibility index (Phi) is 5.87. The summed E-state index contributed by atoms with van der Waals surface area (Å²) < 4.78 is 16.4. The normalized spacial score (nSPS) is 20.2. The molecule has 8 heteroatoms. The topological polar surface area (TPSA) is 117 Å². The highest BCUT2D eigenvalue weighted by atomic mass is 16.6. The summed E-state index contributed by atoms with van der Waals surface area (Å²) in [6.07, 6.45) is 0.505. The maximum atomic E-state index is 13.5. The smallest absolute Gasteiger partial charge is 0.341 e. The van der Waals surface area contributed by atoms with Gasteiger partial charge in [-0.25, -0.2) is 9.59 Å². The van der Waals surface area contributed by atoms with Crippen LogP contribution >= 0.6 is 0 Å². The van der Waals surface area contributed by atoms with E-state index in [-0.39, 0.29) is 29.4 Å². The van der Waals surface area contributed by atoms with Crippen LogP contribution in [0, 0.1) is 0 Å². The van der Waals surface area contributed by atoms with E-state index in [0.717, 1.165) is 0 Å². The molecule has 0 aromatic heterocycles. The van der Waals surface area contributed by atoms with E-state index in [0.29, 0.717) is 24.1 Å². The van der Waals surface area contributed by atoms with Crippen LogP contribution in [0.15, 0.2) is 47.1 Å². The highest BCUT2D eigenvalue weighted by Crippen LogP contribution is 2.53. The predicted molar refractivity (Wildman–Crippen MR) is 109 cm³/mol. The molecule has 0 saturated carbocycles. The molecule has 1 spiro atoms. The van der Waals surface area contributed by atoms with Crippen molar-refractivity contribution in [1.29, 1.82) is 0 Å². The number of allylic oxidation sites excluding steroid dienone is 1. The first-order valence-corrected chi connectivity index (χ1v) is 9.99. The molecule has 8 nitrogen and oxygen atoms in total. The minimum Gasteiger partial charge on any atom is -0.462 e. The standard InChI is InChI=1S/C22H26N2O6/c1-5-9-15-16(20(26)29-12(3)4)22(17(18(23)30-15)19(25)28-6-2)13-10-7-8-11-14(13)24-21(22)27/h7-8,10-12H,5-6,9,23H2,1-4H3,(H,24,27)/t22-/m0/s1. The molecule has 1 aromatic rings. The predicted octanol–water partition coefficient (Wildman–Crippen LogP) is 2.65. The number of nitrogens with two attached hydrogens (primary N) is 1. The molecule has 0 bridgehead atoms. The van der Waals surface area contributed by atoms with E-state index in [1.54, 1.807) is 45.0 Å². The first-order chi connectivity index (χ1) is 14.3. The maximum Gasteiger partial charge on any atom is 0.341 e. The van der Waals surface area contributed by atoms with Crippen molar-refractivity contribution in [3.8, 4) is 0 Å². The Bertz CT molecular complexity index is 962. The maximum absolute atomic E-state index is 13.5. The van der Waals surface area contributed by atoms with Crippen LogP contribution in [0.5, 0.6) is 0 Å². The number of anilines is 1. The van der Waals surface area contributed by atoms with E-state index in [4.69, 9.17) is 19.9 Å². The van der Waals surface area contributed by atoms with Crippen LogP contribution < -0.4 is 11.1 Å². The Morgan fingerprint density at radius 1 is 1.17 bits per heavy atom. The lowest BCUT2D eigenvalue weighted by atomic mass is 9.67. The third-order valence-corrected chi connectivity index (χ3v) is 4.93. The number of fused-ring (bicyclic) bond motifs is 2. The molecule has 3 N–H and O–H groups in total. The van der Waals surface area contributed by atoms with Crippen LogP contribution in [-0.4, -0.2) is 30.6 Å². The summed E-state index contributed by atoms with van der Waals surface area (Å²) in [5, 5.41) is 2.77. The van der Waals surface area contributed by atoms with Gasteiger partial charge in [-0.15, -0.1) is 0 Å². The number of esters is 2. The van der Waals surface area contributed by atoms with Gasteiger partial charge in [0.1, 0.15) is 22.3 Å². The Labute approximate surface area is 175 Å². The van der Waals surface area contributed by atoms with Crippen molar-refractivity contribution >= 4 is 23.5 Å². The molecule has 0 saturated heterocycles. The zero-order valence-electron chi connectivity index (χ0n) is 17.5. The molecular weight excluding hydrogens is 388 g/mol. The molecule has 0 fully saturated rings. The lowest BCUT2D eigenvalue weighted by Gasteiger charge is -2.36. The molecule has 3 rings (SSSR count). The summed E-state index contributed by atoms with van der Waals surface area (Å²) >= 11 is 0. The van der Waals surface area contributed by atoms with Gasteiger partial charge in [0, 0.05) is 17.7 Å². The van der Waals surface area contributed by atoms with Crippen molar-refractivity contribution in [1.82, 2.24) is 0 Å². The van der Waals surface area contributed by atoms with Crippen LogP contribution in [0.2, 0.25) is 0 Å². The number of hydrogen-bond acceptors (Lipinski definition) is 7. The molecule has 2 aliphatic heterocycles. The van der Waals surface area contributed by atoms with E-state index < -0.39 is 29.4 Å². The number of rotatable bonds is 6. The van der Waals surface area contributed by atoms with Gasteiger partial charge in [0.2, 0.25) is 11.8 Å². The molecule has 1 aromatic carbocycles. The second kappa shape index (κ2) is 8.22. The van der Waals surface area contributed by atoms with Crippen molar-refractivity contribution in [2.24, 2.45) is 5.73 Å². The molecule has 2 heterocycles. The monoisotopic (exact) mass is 414 g/mol. The fourth-order valence-corrected chi connectivity index (χ4v) is 3.91. The summed E-state index contributed by atoms with van der Waals surface area (Å²) in [5.74, 6) is -2.20. The average molecular weight is 414 g/mol. The minimum atomic E-state index is -1.82. The lowest BCUT2D eigenvalue weighted by molar-refractivity contribution is -0.145. The summed E-state index contributed by atoms with van der Waals surface area (Å²) in [7, 11) is 0. The largest absolute Gasteiger partial charge is 0.462 e. The van der Waals surface area contributed by atoms with Crippen molar-refractivity contribution in [3.63, 3.8) is 0 Å². The molecule has 1 atom stereocenters.